The molecule has 0 bridgehead atoms. The third-order valence-corrected chi connectivity index (χ3v) is 10.8. The first-order chi connectivity index (χ1) is 25.3. The maximum absolute atomic E-state index is 14.2. The van der Waals surface area contributed by atoms with Crippen molar-refractivity contribution in [2.75, 3.05) is 27.2 Å². The molecule has 1 aromatic carbocycles. The Morgan fingerprint density at radius 1 is 0.927 bits per heavy atom. The summed E-state index contributed by atoms with van der Waals surface area (Å²) in [6, 6.07) is 3.65. The molecule has 0 spiro atoms. The van der Waals surface area contributed by atoms with Gasteiger partial charge in [-0.2, -0.15) is 13.2 Å². The topological polar surface area (TPSA) is 183 Å². The maximum atomic E-state index is 14.2. The summed E-state index contributed by atoms with van der Waals surface area (Å²) >= 11 is 0. The molecule has 2 aliphatic carbocycles. The van der Waals surface area contributed by atoms with Gasteiger partial charge in [0.25, 0.3) is 5.91 Å². The third kappa shape index (κ3) is 9.95. The van der Waals surface area contributed by atoms with Gasteiger partial charge in [-0.05, 0) is 54.4 Å². The Balaban J connectivity index is 1.47. The number of alkyl carbamates (subject to hydrolysis) is 1. The van der Waals surface area contributed by atoms with Crippen LogP contribution in [0.5, 0.6) is 0 Å². The number of halogens is 3. The summed E-state index contributed by atoms with van der Waals surface area (Å²) in [4.78, 5) is 96.0. The molecule has 0 radical (unpaired) electrons. The number of likely N-dealkylation sites (N-methyl/N-ethyl adjacent to an activating group) is 1. The van der Waals surface area contributed by atoms with Crippen LogP contribution in [-0.4, -0.2) is 108 Å². The summed E-state index contributed by atoms with van der Waals surface area (Å²) in [6.45, 7) is 9.51. The van der Waals surface area contributed by atoms with Crippen LogP contribution in [0.1, 0.15) is 79.3 Å². The highest BCUT2D eigenvalue weighted by Gasteiger charge is 2.70. The second-order valence-corrected chi connectivity index (χ2v) is 17.2. The van der Waals surface area contributed by atoms with Gasteiger partial charge in [-0.25, -0.2) is 4.79 Å². The minimum Gasteiger partial charge on any atom is -0.434 e. The number of alkyl halides is 3. The zero-order valence-corrected chi connectivity index (χ0v) is 32.8. The fourth-order valence-electron chi connectivity index (χ4n) is 7.05. The van der Waals surface area contributed by atoms with E-state index in [0.717, 1.165) is 12.8 Å². The number of likely N-dealkylation sites (tertiary alicyclic amines) is 1. The van der Waals surface area contributed by atoms with Gasteiger partial charge < -0.3 is 35.8 Å². The number of hydrogen-bond donors (Lipinski definition) is 4. The molecule has 6 amide bonds. The molecule has 4 N–H and O–H groups in total. The van der Waals surface area contributed by atoms with Gasteiger partial charge in [0.2, 0.25) is 35.0 Å². The van der Waals surface area contributed by atoms with E-state index in [-0.39, 0.29) is 36.1 Å². The average Bonchev–Trinajstić information content (AvgIpc) is 3.93. The minimum atomic E-state index is -4.88. The van der Waals surface area contributed by atoms with Crippen molar-refractivity contribution in [3.8, 4) is 0 Å². The molecule has 4 rings (SSSR count). The quantitative estimate of drug-likeness (QED) is 0.208. The van der Waals surface area contributed by atoms with Crippen molar-refractivity contribution in [2.24, 2.45) is 28.6 Å². The highest BCUT2D eigenvalue weighted by atomic mass is 19.4. The number of hydrogen-bond acceptors (Lipinski definition) is 8. The van der Waals surface area contributed by atoms with Gasteiger partial charge in [0.15, 0.2) is 0 Å². The summed E-state index contributed by atoms with van der Waals surface area (Å²) in [5, 5.41) is 9.86. The van der Waals surface area contributed by atoms with Crippen LogP contribution in [0.15, 0.2) is 30.3 Å². The number of benzene rings is 1. The van der Waals surface area contributed by atoms with E-state index in [1.165, 1.54) is 23.9 Å². The van der Waals surface area contributed by atoms with E-state index in [9.17, 15) is 46.7 Å². The lowest BCUT2D eigenvalue weighted by atomic mass is 9.85. The average molecular weight is 779 g/mol. The van der Waals surface area contributed by atoms with Crippen molar-refractivity contribution in [2.45, 2.75) is 104 Å². The van der Waals surface area contributed by atoms with Crippen LogP contribution in [0, 0.1) is 28.6 Å². The minimum absolute atomic E-state index is 0.0573. The number of fused-ring (bicyclic) bond motifs is 1. The van der Waals surface area contributed by atoms with Crippen LogP contribution >= 0.6 is 0 Å². The van der Waals surface area contributed by atoms with Crippen LogP contribution in [-0.2, 0) is 33.5 Å². The second-order valence-electron chi connectivity index (χ2n) is 17.2. The van der Waals surface area contributed by atoms with Gasteiger partial charge in [-0.3, -0.25) is 28.8 Å². The normalized spacial score (nSPS) is 21.9. The number of nitrogens with one attached hydrogen (secondary N) is 4. The Bertz CT molecular complexity index is 1670. The molecular weight excluding hydrogens is 725 g/mol. The van der Waals surface area contributed by atoms with Gasteiger partial charge >= 0.3 is 12.3 Å². The predicted molar refractivity (Wildman–Crippen MR) is 193 cm³/mol. The number of ether oxygens (including phenoxy) is 1. The molecule has 0 aromatic heterocycles. The first kappa shape index (κ1) is 43.0. The summed E-state index contributed by atoms with van der Waals surface area (Å²) in [5.74, 6) is -5.09. The van der Waals surface area contributed by atoms with E-state index in [4.69, 9.17) is 0 Å². The van der Waals surface area contributed by atoms with Crippen molar-refractivity contribution < 1.29 is 51.5 Å². The molecule has 55 heavy (non-hydrogen) atoms. The zero-order valence-electron chi connectivity index (χ0n) is 32.8. The van der Waals surface area contributed by atoms with E-state index >= 15 is 0 Å². The second kappa shape index (κ2) is 15.8. The molecule has 1 aromatic rings. The van der Waals surface area contributed by atoms with Crippen LogP contribution < -0.4 is 21.3 Å². The van der Waals surface area contributed by atoms with Gasteiger partial charge in [0.05, 0.1) is 12.6 Å². The lowest BCUT2D eigenvalue weighted by Crippen LogP contribution is -2.61. The fraction of sp³-hybridized carbons (Fsp3) is 0.658. The Labute approximate surface area is 319 Å². The van der Waals surface area contributed by atoms with E-state index in [1.807, 2.05) is 13.8 Å². The van der Waals surface area contributed by atoms with Gasteiger partial charge in [-0.15, -0.1) is 0 Å². The number of amides is 6. The molecule has 1 aliphatic heterocycles. The maximum Gasteiger partial charge on any atom is 0.427 e. The number of carbonyl (C=O) groups excluding carboxylic acids is 7. The monoisotopic (exact) mass is 778 g/mol. The fourth-order valence-corrected chi connectivity index (χ4v) is 7.05. The Kier molecular flexibility index (Phi) is 12.4. The molecule has 1 saturated heterocycles. The molecular formula is C38H53F3N6O8. The summed E-state index contributed by atoms with van der Waals surface area (Å²) in [6.07, 6.45) is -4.65. The van der Waals surface area contributed by atoms with Gasteiger partial charge in [0.1, 0.15) is 18.1 Å². The summed E-state index contributed by atoms with van der Waals surface area (Å²) in [5.41, 5.74) is -3.73. The molecule has 304 valence electrons. The number of Topliss-reactive ketones (excluding diaryl/α,β-unsaturated/α-hetero) is 1. The summed E-state index contributed by atoms with van der Waals surface area (Å²) in [7, 11) is 3.06. The third-order valence-electron chi connectivity index (χ3n) is 10.8. The van der Waals surface area contributed by atoms with Crippen molar-refractivity contribution in [1.82, 2.24) is 31.1 Å². The number of nitrogens with zero attached hydrogens (tertiary/aromatic N) is 2. The Morgan fingerprint density at radius 3 is 2.05 bits per heavy atom. The predicted octanol–water partition coefficient (Wildman–Crippen LogP) is 2.87. The van der Waals surface area contributed by atoms with Crippen molar-refractivity contribution in [1.29, 1.82) is 0 Å². The SMILES string of the molecule is CN(C)C(=O)[C@@H](NC(=O)CNC(=O)C(=O)C(CC1CC1)NC(=O)C1C2[C@H](CN1C(=O)[C@@H](NC(=O)OC(C)(C)C(F)(F)F)C(C)(C)C)C2(C)C)c1ccccc1. The summed E-state index contributed by atoms with van der Waals surface area (Å²) < 4.78 is 45.0. The zero-order chi connectivity index (χ0) is 41.4. The van der Waals surface area contributed by atoms with Gasteiger partial charge in [-0.1, -0.05) is 77.8 Å². The van der Waals surface area contributed by atoms with E-state index < -0.39 is 89.3 Å². The number of piperidine rings is 1. The van der Waals surface area contributed by atoms with Crippen LogP contribution in [0.25, 0.3) is 0 Å². The lowest BCUT2D eigenvalue weighted by molar-refractivity contribution is -0.244. The number of ketones is 1. The van der Waals surface area contributed by atoms with Crippen molar-refractivity contribution >= 4 is 41.4 Å². The largest absolute Gasteiger partial charge is 0.434 e. The Morgan fingerprint density at radius 2 is 1.53 bits per heavy atom. The standard InChI is InChI=1S/C38H53F3N6O8/c1-35(2,3)29(45-34(54)55-37(6,7)38(39,40)41)33(53)47-19-22-25(36(22,4)5)27(47)30(50)43-23(17-20-15-16-20)28(49)31(51)42-18-24(48)44-26(32(52)46(8)9)21-13-11-10-12-14-21/h10-14,20,22-23,25-27,29H,15-19H2,1-9H3,(H,42,51)(H,43,50)(H,44,48)(H,45,54)/t22-,23?,25?,26-,27?,29+/m0/s1. The van der Waals surface area contributed by atoms with Crippen LogP contribution in [0.4, 0.5) is 18.0 Å². The molecule has 3 unspecified atom stereocenters. The first-order valence-corrected chi connectivity index (χ1v) is 18.3. The smallest absolute Gasteiger partial charge is 0.427 e. The highest BCUT2D eigenvalue weighted by molar-refractivity contribution is 6.38. The molecule has 14 nitrogen and oxygen atoms in total. The number of carbonyl (C=O) groups is 7. The first-order valence-electron chi connectivity index (χ1n) is 18.3. The molecule has 3 aliphatic rings. The molecule has 1 heterocycles. The Hall–Kier alpha value is -4.70. The van der Waals surface area contributed by atoms with Crippen molar-refractivity contribution in [3.63, 3.8) is 0 Å². The van der Waals surface area contributed by atoms with E-state index in [2.05, 4.69) is 26.0 Å². The van der Waals surface area contributed by atoms with Crippen LogP contribution in [0.2, 0.25) is 0 Å². The highest BCUT2D eigenvalue weighted by Crippen LogP contribution is 2.65. The van der Waals surface area contributed by atoms with Crippen molar-refractivity contribution in [3.05, 3.63) is 35.9 Å². The lowest BCUT2D eigenvalue weighted by Gasteiger charge is -2.38. The molecule has 6 atom stereocenters. The van der Waals surface area contributed by atoms with Gasteiger partial charge in [0, 0.05) is 20.6 Å². The van der Waals surface area contributed by atoms with Crippen LogP contribution in [0.3, 0.4) is 0 Å². The number of rotatable bonds is 14. The van der Waals surface area contributed by atoms with E-state index in [1.54, 1.807) is 51.1 Å². The molecule has 17 heteroatoms. The molecule has 2 saturated carbocycles. The van der Waals surface area contributed by atoms with E-state index in [0.29, 0.717) is 19.4 Å². The molecule has 3 fully saturated rings.